The lowest BCUT2D eigenvalue weighted by Crippen LogP contribution is -2.14. The number of rotatable bonds is 6. The van der Waals surface area contributed by atoms with Gasteiger partial charge >= 0.3 is 0 Å². The lowest BCUT2D eigenvalue weighted by Gasteiger charge is -2.17. The van der Waals surface area contributed by atoms with E-state index in [2.05, 4.69) is 43.9 Å². The number of nitrogens with one attached hydrogen (secondary N) is 1. The highest BCUT2D eigenvalue weighted by Gasteiger charge is 2.10. The molecule has 0 heterocycles. The van der Waals surface area contributed by atoms with Crippen molar-refractivity contribution in [2.45, 2.75) is 33.2 Å². The van der Waals surface area contributed by atoms with Crippen LogP contribution >= 0.6 is 0 Å². The number of ether oxygens (including phenoxy) is 1. The van der Waals surface area contributed by atoms with Gasteiger partial charge in [-0.1, -0.05) is 17.7 Å². The van der Waals surface area contributed by atoms with Crippen molar-refractivity contribution < 1.29 is 4.74 Å². The Morgan fingerprint density at radius 2 is 2.18 bits per heavy atom. The van der Waals surface area contributed by atoms with Crippen LogP contribution in [0.3, 0.4) is 0 Å². The Bertz CT molecular complexity index is 385. The van der Waals surface area contributed by atoms with E-state index < -0.39 is 0 Å². The summed E-state index contributed by atoms with van der Waals surface area (Å²) in [7, 11) is 1.96. The summed E-state index contributed by atoms with van der Waals surface area (Å²) >= 11 is 0. The fourth-order valence-electron chi connectivity index (χ4n) is 1.62. The third-order valence-electron chi connectivity index (χ3n) is 2.85. The van der Waals surface area contributed by atoms with E-state index in [9.17, 15) is 0 Å². The number of hydrogen-bond acceptors (Lipinski definition) is 2. The lowest BCUT2D eigenvalue weighted by atomic mass is 10.1. The van der Waals surface area contributed by atoms with Crippen LogP contribution in [-0.4, -0.2) is 13.7 Å². The Balaban J connectivity index is 2.80. The van der Waals surface area contributed by atoms with Gasteiger partial charge in [-0.2, -0.15) is 0 Å². The van der Waals surface area contributed by atoms with Crippen molar-refractivity contribution in [3.8, 4) is 5.75 Å². The van der Waals surface area contributed by atoms with E-state index >= 15 is 0 Å². The van der Waals surface area contributed by atoms with Crippen molar-refractivity contribution in [1.29, 1.82) is 0 Å². The summed E-state index contributed by atoms with van der Waals surface area (Å²) in [6.45, 7) is 10.8. The minimum absolute atomic E-state index is 0.301. The fourth-order valence-corrected chi connectivity index (χ4v) is 1.62. The molecule has 1 aromatic carbocycles. The molecule has 2 heteroatoms. The van der Waals surface area contributed by atoms with Gasteiger partial charge in [0.05, 0.1) is 6.61 Å². The average molecular weight is 233 g/mol. The molecule has 17 heavy (non-hydrogen) atoms. The molecule has 0 aliphatic carbocycles. The summed E-state index contributed by atoms with van der Waals surface area (Å²) in [5, 5.41) is 3.24. The first kappa shape index (κ1) is 13.8. The minimum atomic E-state index is 0.301. The Kier molecular flexibility index (Phi) is 5.23. The summed E-state index contributed by atoms with van der Waals surface area (Å²) in [6, 6.07) is 6.65. The van der Waals surface area contributed by atoms with E-state index in [4.69, 9.17) is 4.74 Å². The summed E-state index contributed by atoms with van der Waals surface area (Å²) in [5.41, 5.74) is 3.59. The van der Waals surface area contributed by atoms with Gasteiger partial charge in [0.1, 0.15) is 5.75 Å². The molecule has 0 aliphatic rings. The van der Waals surface area contributed by atoms with Crippen LogP contribution in [0.2, 0.25) is 0 Å². The van der Waals surface area contributed by atoms with Crippen LogP contribution in [0.5, 0.6) is 5.75 Å². The van der Waals surface area contributed by atoms with Crippen molar-refractivity contribution in [3.05, 3.63) is 41.5 Å². The second-order valence-electron chi connectivity index (χ2n) is 4.61. The molecule has 1 unspecified atom stereocenters. The van der Waals surface area contributed by atoms with Crippen LogP contribution in [0.25, 0.3) is 0 Å². The van der Waals surface area contributed by atoms with Crippen LogP contribution in [0, 0.1) is 6.92 Å². The largest absolute Gasteiger partial charge is 0.493 e. The molecule has 0 aliphatic heterocycles. The summed E-state index contributed by atoms with van der Waals surface area (Å²) in [6.07, 6.45) is 0.904. The third-order valence-corrected chi connectivity index (χ3v) is 2.85. The van der Waals surface area contributed by atoms with Gasteiger partial charge in [-0.15, -0.1) is 6.58 Å². The molecule has 2 nitrogen and oxygen atoms in total. The average Bonchev–Trinajstić information content (AvgIpc) is 2.28. The zero-order chi connectivity index (χ0) is 12.8. The molecule has 1 atom stereocenters. The van der Waals surface area contributed by atoms with Crippen molar-refractivity contribution in [2.75, 3.05) is 13.7 Å². The second-order valence-corrected chi connectivity index (χ2v) is 4.61. The molecule has 0 amide bonds. The van der Waals surface area contributed by atoms with Crippen LogP contribution in [0.4, 0.5) is 0 Å². The van der Waals surface area contributed by atoms with Gasteiger partial charge in [-0.25, -0.2) is 0 Å². The van der Waals surface area contributed by atoms with Gasteiger partial charge in [0.15, 0.2) is 0 Å². The highest BCUT2D eigenvalue weighted by molar-refractivity contribution is 5.39. The summed E-state index contributed by atoms with van der Waals surface area (Å²) in [5.74, 6) is 0.980. The standard InChI is InChI=1S/C15H23NO/c1-11(2)8-9-17-15-10-12(3)6-7-14(15)13(4)16-5/h6-7,10,13,16H,1,8-9H2,2-5H3. The monoisotopic (exact) mass is 233 g/mol. The van der Waals surface area contributed by atoms with Gasteiger partial charge in [0, 0.05) is 18.0 Å². The minimum Gasteiger partial charge on any atom is -0.493 e. The summed E-state index contributed by atoms with van der Waals surface area (Å²) < 4.78 is 5.85. The molecule has 1 aromatic rings. The van der Waals surface area contributed by atoms with E-state index in [1.54, 1.807) is 0 Å². The maximum absolute atomic E-state index is 5.85. The highest BCUT2D eigenvalue weighted by atomic mass is 16.5. The number of aryl methyl sites for hydroxylation is 1. The predicted molar refractivity (Wildman–Crippen MR) is 73.6 cm³/mol. The molecule has 0 saturated heterocycles. The van der Waals surface area contributed by atoms with Crippen LogP contribution in [0.1, 0.15) is 37.4 Å². The Hall–Kier alpha value is -1.28. The zero-order valence-corrected chi connectivity index (χ0v) is 11.3. The highest BCUT2D eigenvalue weighted by Crippen LogP contribution is 2.26. The van der Waals surface area contributed by atoms with Crippen LogP contribution in [0.15, 0.2) is 30.4 Å². The fraction of sp³-hybridized carbons (Fsp3) is 0.467. The lowest BCUT2D eigenvalue weighted by molar-refractivity contribution is 0.315. The molecule has 0 aromatic heterocycles. The first-order valence-electron chi connectivity index (χ1n) is 6.09. The molecule has 94 valence electrons. The third kappa shape index (κ3) is 4.23. The van der Waals surface area contributed by atoms with Gasteiger partial charge in [0.2, 0.25) is 0 Å². The molecule has 1 N–H and O–H groups in total. The summed E-state index contributed by atoms with van der Waals surface area (Å²) in [4.78, 5) is 0. The molecule has 1 rings (SSSR count). The topological polar surface area (TPSA) is 21.3 Å². The quantitative estimate of drug-likeness (QED) is 0.758. The zero-order valence-electron chi connectivity index (χ0n) is 11.3. The van der Waals surface area contributed by atoms with Crippen molar-refractivity contribution >= 4 is 0 Å². The van der Waals surface area contributed by atoms with Gasteiger partial charge in [-0.05, 0) is 39.4 Å². The first-order valence-corrected chi connectivity index (χ1v) is 6.09. The van der Waals surface area contributed by atoms with E-state index in [1.165, 1.54) is 11.1 Å². The molecule has 0 fully saturated rings. The number of hydrogen-bond donors (Lipinski definition) is 1. The van der Waals surface area contributed by atoms with Gasteiger partial charge < -0.3 is 10.1 Å². The van der Waals surface area contributed by atoms with E-state index in [-0.39, 0.29) is 0 Å². The van der Waals surface area contributed by atoms with Crippen LogP contribution < -0.4 is 10.1 Å². The van der Waals surface area contributed by atoms with E-state index in [0.717, 1.165) is 17.7 Å². The van der Waals surface area contributed by atoms with Crippen molar-refractivity contribution in [2.24, 2.45) is 0 Å². The van der Waals surface area contributed by atoms with Gasteiger partial charge in [0.25, 0.3) is 0 Å². The molecular weight excluding hydrogens is 210 g/mol. The van der Waals surface area contributed by atoms with Crippen LogP contribution in [-0.2, 0) is 0 Å². The molecule has 0 bridgehead atoms. The van der Waals surface area contributed by atoms with E-state index in [1.807, 2.05) is 14.0 Å². The van der Waals surface area contributed by atoms with E-state index in [0.29, 0.717) is 12.6 Å². The Morgan fingerprint density at radius 3 is 2.76 bits per heavy atom. The Labute approximate surface area is 105 Å². The Morgan fingerprint density at radius 1 is 1.47 bits per heavy atom. The second kappa shape index (κ2) is 6.45. The normalized spacial score (nSPS) is 12.2. The molecular formula is C15H23NO. The maximum Gasteiger partial charge on any atom is 0.124 e. The van der Waals surface area contributed by atoms with Crippen molar-refractivity contribution in [1.82, 2.24) is 5.32 Å². The SMILES string of the molecule is C=C(C)CCOc1cc(C)ccc1C(C)NC. The predicted octanol–water partition coefficient (Wildman–Crippen LogP) is 3.62. The van der Waals surface area contributed by atoms with Gasteiger partial charge in [-0.3, -0.25) is 0 Å². The molecule has 0 spiro atoms. The number of benzene rings is 1. The maximum atomic E-state index is 5.85. The molecule has 0 saturated carbocycles. The van der Waals surface area contributed by atoms with Crippen molar-refractivity contribution in [3.63, 3.8) is 0 Å². The smallest absolute Gasteiger partial charge is 0.124 e. The molecule has 0 radical (unpaired) electrons. The first-order chi connectivity index (χ1) is 8.04.